The number of hydrogen-bond acceptors (Lipinski definition) is 4. The molecule has 2 aliphatic rings. The van der Waals surface area contributed by atoms with Crippen LogP contribution in [0.4, 0.5) is 0 Å². The molecule has 7 heteroatoms. The van der Waals surface area contributed by atoms with E-state index in [4.69, 9.17) is 0 Å². The zero-order valence-corrected chi connectivity index (χ0v) is 16.6. The fraction of sp³-hybridized carbons (Fsp3) is 0.833. The Balaban J connectivity index is 1.54. The first-order valence-electron chi connectivity index (χ1n) is 9.64. The number of quaternary nitrogens is 1. The van der Waals surface area contributed by atoms with Crippen molar-refractivity contribution in [1.29, 1.82) is 0 Å². The van der Waals surface area contributed by atoms with E-state index in [9.17, 15) is 4.79 Å². The van der Waals surface area contributed by atoms with Crippen molar-refractivity contribution in [1.82, 2.24) is 20.1 Å². The molecule has 1 aromatic rings. The van der Waals surface area contributed by atoms with Crippen LogP contribution in [0, 0.1) is 5.92 Å². The van der Waals surface area contributed by atoms with Crippen LogP contribution in [0.25, 0.3) is 0 Å². The van der Waals surface area contributed by atoms with E-state index in [2.05, 4.69) is 27.0 Å². The molecule has 6 nitrogen and oxygen atoms in total. The van der Waals surface area contributed by atoms with Crippen LogP contribution in [0.15, 0.2) is 5.16 Å². The summed E-state index contributed by atoms with van der Waals surface area (Å²) in [6, 6.07) is 0.379. The summed E-state index contributed by atoms with van der Waals surface area (Å²) in [7, 11) is 2.05. The molecule has 0 aromatic carbocycles. The van der Waals surface area contributed by atoms with Crippen LogP contribution in [0.1, 0.15) is 57.2 Å². The highest BCUT2D eigenvalue weighted by Gasteiger charge is 2.30. The minimum atomic E-state index is 0.220. The molecule has 2 fully saturated rings. The topological polar surface area (TPSA) is 64.2 Å². The maximum Gasteiger partial charge on any atom is 0.275 e. The molecule has 0 spiro atoms. The van der Waals surface area contributed by atoms with Gasteiger partial charge in [-0.25, -0.2) is 0 Å². The number of nitrogens with one attached hydrogen (secondary N) is 2. The lowest BCUT2D eigenvalue weighted by Gasteiger charge is -2.32. The highest BCUT2D eigenvalue weighted by molar-refractivity contribution is 7.98. The second kappa shape index (κ2) is 8.54. The van der Waals surface area contributed by atoms with Crippen LogP contribution < -0.4 is 10.2 Å². The molecule has 3 rings (SSSR count). The molecule has 1 aliphatic heterocycles. The zero-order chi connectivity index (χ0) is 17.8. The Morgan fingerprint density at radius 1 is 1.28 bits per heavy atom. The second-order valence-corrected chi connectivity index (χ2v) is 8.53. The molecule has 4 atom stereocenters. The summed E-state index contributed by atoms with van der Waals surface area (Å²) in [5.74, 6) is 2.31. The largest absolute Gasteiger partial charge is 0.348 e. The standard InChI is InChI=1S/C18H31N5OS/c1-13-7-4-5-9-15(13)19-16(24)12-23-10-6-8-14(11-23)17-20-21-18(25-3)22(17)2/h13-15H,4-12H2,1-3H3,(H,19,24)/p+1/t13-,14+,15-/m1/s1. The molecule has 0 bridgehead atoms. The summed E-state index contributed by atoms with van der Waals surface area (Å²) in [5.41, 5.74) is 0. The van der Waals surface area contributed by atoms with Gasteiger partial charge in [0.25, 0.3) is 5.91 Å². The van der Waals surface area contributed by atoms with Crippen LogP contribution in [-0.4, -0.2) is 52.6 Å². The summed E-state index contributed by atoms with van der Waals surface area (Å²) in [6.07, 6.45) is 9.26. The summed E-state index contributed by atoms with van der Waals surface area (Å²) in [5, 5.41) is 12.9. The molecule has 1 aliphatic carbocycles. The van der Waals surface area contributed by atoms with Crippen molar-refractivity contribution >= 4 is 17.7 Å². The lowest BCUT2D eigenvalue weighted by atomic mass is 9.86. The number of hydrogen-bond donors (Lipinski definition) is 2. The zero-order valence-electron chi connectivity index (χ0n) is 15.8. The first-order valence-corrected chi connectivity index (χ1v) is 10.9. The number of rotatable bonds is 5. The third kappa shape index (κ3) is 4.56. The minimum Gasteiger partial charge on any atom is -0.348 e. The van der Waals surface area contributed by atoms with Gasteiger partial charge in [-0.1, -0.05) is 31.5 Å². The van der Waals surface area contributed by atoms with Crippen molar-refractivity contribution in [2.45, 2.75) is 62.6 Å². The molecule has 2 heterocycles. The molecule has 140 valence electrons. The highest BCUT2D eigenvalue weighted by Crippen LogP contribution is 2.24. The molecule has 2 N–H and O–H groups in total. The number of carbonyl (C=O) groups is 1. The fourth-order valence-corrected chi connectivity index (χ4v) is 4.90. The average molecular weight is 367 g/mol. The molecule has 1 saturated heterocycles. The van der Waals surface area contributed by atoms with Crippen molar-refractivity contribution in [3.63, 3.8) is 0 Å². The van der Waals surface area contributed by atoms with Gasteiger partial charge in [0.2, 0.25) is 0 Å². The number of likely N-dealkylation sites (tertiary alicyclic amines) is 1. The number of thioether (sulfide) groups is 1. The number of aromatic nitrogens is 3. The van der Waals surface area contributed by atoms with E-state index in [1.165, 1.54) is 24.2 Å². The summed E-state index contributed by atoms with van der Waals surface area (Å²) >= 11 is 1.63. The van der Waals surface area contributed by atoms with E-state index in [-0.39, 0.29) is 5.91 Å². The van der Waals surface area contributed by atoms with Gasteiger partial charge in [-0.2, -0.15) is 0 Å². The van der Waals surface area contributed by atoms with E-state index in [0.717, 1.165) is 43.3 Å². The van der Waals surface area contributed by atoms with Crippen molar-refractivity contribution in [2.75, 3.05) is 25.9 Å². The number of piperidine rings is 1. The Labute approximate surface area is 155 Å². The van der Waals surface area contributed by atoms with E-state index in [1.807, 2.05) is 13.3 Å². The van der Waals surface area contributed by atoms with Crippen molar-refractivity contribution in [2.24, 2.45) is 13.0 Å². The lowest BCUT2D eigenvalue weighted by molar-refractivity contribution is -0.898. The Hall–Kier alpha value is -1.08. The molecule has 1 amide bonds. The average Bonchev–Trinajstić information content (AvgIpc) is 2.98. The van der Waals surface area contributed by atoms with Crippen LogP contribution in [0.3, 0.4) is 0 Å². The monoisotopic (exact) mass is 366 g/mol. The van der Waals surface area contributed by atoms with Crippen LogP contribution in [-0.2, 0) is 11.8 Å². The van der Waals surface area contributed by atoms with Gasteiger partial charge in [0.15, 0.2) is 11.7 Å². The Kier molecular flexibility index (Phi) is 6.39. The van der Waals surface area contributed by atoms with Gasteiger partial charge in [-0.3, -0.25) is 4.79 Å². The van der Waals surface area contributed by atoms with Gasteiger partial charge in [-0.15, -0.1) is 10.2 Å². The van der Waals surface area contributed by atoms with Gasteiger partial charge in [-0.05, 0) is 37.9 Å². The Morgan fingerprint density at radius 2 is 2.08 bits per heavy atom. The van der Waals surface area contributed by atoms with Gasteiger partial charge in [0.05, 0.1) is 19.0 Å². The molecule has 1 aromatic heterocycles. The predicted octanol–water partition coefficient (Wildman–Crippen LogP) is 0.994. The van der Waals surface area contributed by atoms with E-state index in [0.29, 0.717) is 24.4 Å². The van der Waals surface area contributed by atoms with E-state index < -0.39 is 0 Å². The van der Waals surface area contributed by atoms with Gasteiger partial charge in [0, 0.05) is 13.1 Å². The number of nitrogens with zero attached hydrogens (tertiary/aromatic N) is 3. The van der Waals surface area contributed by atoms with Crippen molar-refractivity contribution < 1.29 is 9.69 Å². The SMILES string of the molecule is CSc1nnc([C@H]2CCC[NH+](CC(=O)N[C@@H]3CCCC[C@H]3C)C2)n1C. The first kappa shape index (κ1) is 18.7. The van der Waals surface area contributed by atoms with Gasteiger partial charge >= 0.3 is 0 Å². The minimum absolute atomic E-state index is 0.220. The van der Waals surface area contributed by atoms with Gasteiger partial charge in [0.1, 0.15) is 5.82 Å². The summed E-state index contributed by atoms with van der Waals surface area (Å²) in [4.78, 5) is 13.9. The highest BCUT2D eigenvalue weighted by atomic mass is 32.2. The number of carbonyl (C=O) groups excluding carboxylic acids is 1. The first-order chi connectivity index (χ1) is 12.1. The molecular weight excluding hydrogens is 334 g/mol. The van der Waals surface area contributed by atoms with Gasteiger partial charge < -0.3 is 14.8 Å². The van der Waals surface area contributed by atoms with Crippen LogP contribution >= 0.6 is 11.8 Å². The predicted molar refractivity (Wildman–Crippen MR) is 99.9 cm³/mol. The summed E-state index contributed by atoms with van der Waals surface area (Å²) in [6.45, 7) is 4.92. The fourth-order valence-electron chi connectivity index (χ4n) is 4.41. The smallest absolute Gasteiger partial charge is 0.275 e. The maximum absolute atomic E-state index is 12.5. The van der Waals surface area contributed by atoms with E-state index >= 15 is 0 Å². The lowest BCUT2D eigenvalue weighted by Crippen LogP contribution is -3.14. The second-order valence-electron chi connectivity index (χ2n) is 7.76. The van der Waals surface area contributed by atoms with Crippen molar-refractivity contribution in [3.05, 3.63) is 5.82 Å². The third-order valence-corrected chi connectivity index (χ3v) is 6.62. The van der Waals surface area contributed by atoms with E-state index in [1.54, 1.807) is 11.8 Å². The van der Waals surface area contributed by atoms with Crippen LogP contribution in [0.2, 0.25) is 0 Å². The molecule has 1 saturated carbocycles. The van der Waals surface area contributed by atoms with Crippen molar-refractivity contribution in [3.8, 4) is 0 Å². The maximum atomic E-state index is 12.5. The molecule has 1 unspecified atom stereocenters. The third-order valence-electron chi connectivity index (χ3n) is 5.90. The Morgan fingerprint density at radius 3 is 2.80 bits per heavy atom. The Bertz CT molecular complexity index is 590. The number of amides is 1. The molecule has 0 radical (unpaired) electrons. The van der Waals surface area contributed by atoms with Crippen LogP contribution in [0.5, 0.6) is 0 Å². The molecular formula is C18H32N5OS+. The quantitative estimate of drug-likeness (QED) is 0.763. The molecule has 25 heavy (non-hydrogen) atoms. The summed E-state index contributed by atoms with van der Waals surface area (Å²) < 4.78 is 2.11. The normalized spacial score (nSPS) is 30.2.